The molecule has 0 aliphatic carbocycles. The van der Waals surface area contributed by atoms with E-state index in [9.17, 15) is 19.5 Å². The predicted octanol–water partition coefficient (Wildman–Crippen LogP) is 5.68. The fourth-order valence-electron chi connectivity index (χ4n) is 6.18. The number of carboxylic acids is 1. The highest BCUT2D eigenvalue weighted by Crippen LogP contribution is 2.39. The number of hydrogen-bond acceptors (Lipinski definition) is 8. The summed E-state index contributed by atoms with van der Waals surface area (Å²) < 4.78 is 18.9. The first-order valence-electron chi connectivity index (χ1n) is 16.6. The number of nitrogens with zero attached hydrogens (tertiary/aromatic N) is 1. The quantitative estimate of drug-likeness (QED) is 0.210. The number of carbonyl (C=O) groups is 3. The highest BCUT2D eigenvalue weighted by Gasteiger charge is 2.39. The van der Waals surface area contributed by atoms with E-state index in [-0.39, 0.29) is 49.6 Å². The molecule has 0 spiro atoms. The monoisotopic (exact) mass is 658 g/mol. The summed E-state index contributed by atoms with van der Waals surface area (Å²) in [6.07, 6.45) is 0.965. The molecule has 0 unspecified atom stereocenters. The predicted molar refractivity (Wildman–Crippen MR) is 179 cm³/mol. The van der Waals surface area contributed by atoms with Crippen molar-refractivity contribution in [3.63, 3.8) is 0 Å². The maximum atomic E-state index is 13.0. The van der Waals surface area contributed by atoms with E-state index in [0.29, 0.717) is 19.5 Å². The average molecular weight is 659 g/mol. The van der Waals surface area contributed by atoms with Crippen LogP contribution in [0.3, 0.4) is 0 Å². The van der Waals surface area contributed by atoms with Crippen molar-refractivity contribution >= 4 is 17.8 Å². The molecule has 2 aliphatic rings. The Labute approximate surface area is 282 Å². The van der Waals surface area contributed by atoms with Gasteiger partial charge in [0.25, 0.3) is 0 Å². The highest BCUT2D eigenvalue weighted by atomic mass is 16.7. The third-order valence-corrected chi connectivity index (χ3v) is 8.59. The van der Waals surface area contributed by atoms with Crippen LogP contribution in [-0.4, -0.2) is 63.8 Å². The summed E-state index contributed by atoms with van der Waals surface area (Å²) in [5.41, 5.74) is 5.01. The lowest BCUT2D eigenvalue weighted by molar-refractivity contribution is -0.253. The van der Waals surface area contributed by atoms with Gasteiger partial charge >= 0.3 is 11.9 Å². The van der Waals surface area contributed by atoms with Crippen LogP contribution in [0.2, 0.25) is 0 Å². The molecule has 0 bridgehead atoms. The Balaban J connectivity index is 1.30. The first-order chi connectivity index (χ1) is 23.0. The van der Waals surface area contributed by atoms with Crippen molar-refractivity contribution in [2.45, 2.75) is 96.2 Å². The number of ether oxygens (including phenoxy) is 3. The molecule has 0 radical (unpaired) electrons. The number of esters is 1. The lowest BCUT2D eigenvalue weighted by atomic mass is 9.98. The van der Waals surface area contributed by atoms with Crippen LogP contribution in [0.15, 0.2) is 72.8 Å². The average Bonchev–Trinajstić information content (AvgIpc) is 3.54. The number of likely N-dealkylation sites (tertiary alicyclic amines) is 1. The fourth-order valence-corrected chi connectivity index (χ4v) is 6.18. The summed E-state index contributed by atoms with van der Waals surface area (Å²) in [5.74, 6) is -1.49. The van der Waals surface area contributed by atoms with Crippen LogP contribution in [0, 0.1) is 0 Å². The Morgan fingerprint density at radius 1 is 0.917 bits per heavy atom. The normalized spacial score (nSPS) is 21.5. The second kappa shape index (κ2) is 15.9. The number of carboxylic acid groups (broad SMARTS) is 1. The zero-order chi connectivity index (χ0) is 34.3. The molecule has 0 aromatic heterocycles. The number of nitrogens with one attached hydrogen (secondary N) is 1. The second-order valence-electron chi connectivity index (χ2n) is 13.5. The molecule has 2 fully saturated rings. The van der Waals surface area contributed by atoms with Crippen LogP contribution in [0.1, 0.15) is 87.5 Å². The lowest BCUT2D eigenvalue weighted by Crippen LogP contribution is -2.45. The lowest BCUT2D eigenvalue weighted by Gasteiger charge is -2.38. The molecule has 3 N–H and O–H groups in total. The van der Waals surface area contributed by atoms with E-state index in [2.05, 4.69) is 10.2 Å². The summed E-state index contributed by atoms with van der Waals surface area (Å²) in [4.78, 5) is 38.0. The Kier molecular flexibility index (Phi) is 11.6. The number of hydrogen-bond donors (Lipinski definition) is 3. The molecule has 0 saturated carbocycles. The minimum atomic E-state index is -0.999. The van der Waals surface area contributed by atoms with Gasteiger partial charge in [0, 0.05) is 31.5 Å². The highest BCUT2D eigenvalue weighted by molar-refractivity contribution is 5.80. The molecule has 5 rings (SSSR count). The van der Waals surface area contributed by atoms with Crippen molar-refractivity contribution in [3.05, 3.63) is 95.1 Å². The van der Waals surface area contributed by atoms with E-state index in [1.807, 2.05) is 93.6 Å². The van der Waals surface area contributed by atoms with Gasteiger partial charge in [-0.2, -0.15) is 0 Å². The molecule has 48 heavy (non-hydrogen) atoms. The van der Waals surface area contributed by atoms with Crippen molar-refractivity contribution < 1.29 is 38.8 Å². The van der Waals surface area contributed by atoms with Gasteiger partial charge in [-0.1, -0.05) is 66.7 Å². The maximum Gasteiger partial charge on any atom is 0.323 e. The van der Waals surface area contributed by atoms with Gasteiger partial charge < -0.3 is 29.7 Å². The zero-order valence-electron chi connectivity index (χ0n) is 27.9. The number of aliphatic carboxylic acids is 1. The number of rotatable bonds is 12. The van der Waals surface area contributed by atoms with E-state index in [0.717, 1.165) is 52.8 Å². The first-order valence-corrected chi connectivity index (χ1v) is 16.6. The van der Waals surface area contributed by atoms with Crippen LogP contribution < -0.4 is 5.32 Å². The second-order valence-corrected chi connectivity index (χ2v) is 13.5. The third kappa shape index (κ3) is 9.73. The number of carbonyl (C=O) groups excluding carboxylic acids is 2. The SMILES string of the molecule is CC(C)(C)OC(=O)[C@@H]1CCCN1C[C@H]1C[C@@H](c2ccc(CO)cc2)O[C@@H](c2ccc(-c3cccc(CNC(=O)CCC(=O)O)c3)cc2)O1. The van der Waals surface area contributed by atoms with E-state index in [1.54, 1.807) is 0 Å². The number of benzene rings is 3. The number of aliphatic hydroxyl groups is 1. The summed E-state index contributed by atoms with van der Waals surface area (Å²) in [6, 6.07) is 23.3. The van der Waals surface area contributed by atoms with Crippen LogP contribution >= 0.6 is 0 Å². The van der Waals surface area contributed by atoms with Crippen molar-refractivity contribution in [3.8, 4) is 11.1 Å². The van der Waals surface area contributed by atoms with Crippen molar-refractivity contribution in [2.75, 3.05) is 13.1 Å². The van der Waals surface area contributed by atoms with E-state index >= 15 is 0 Å². The van der Waals surface area contributed by atoms with E-state index in [1.165, 1.54) is 0 Å². The zero-order valence-corrected chi connectivity index (χ0v) is 27.9. The molecular formula is C38H46N2O8. The fraction of sp³-hybridized carbons (Fsp3) is 0.447. The molecule has 3 aromatic carbocycles. The molecule has 10 nitrogen and oxygen atoms in total. The van der Waals surface area contributed by atoms with Crippen LogP contribution in [0.5, 0.6) is 0 Å². The molecule has 2 heterocycles. The Bertz CT molecular complexity index is 1550. The standard InChI is InChI=1S/C38H46N2O8/c1-38(2,3)48-36(45)32-8-5-19-40(32)23-31-21-33(28-11-9-25(24-41)10-12-28)47-37(46-31)29-15-13-27(14-16-29)30-7-4-6-26(20-30)22-39-34(42)17-18-35(43)44/h4,6-7,9-16,20,31-33,37,41H,5,8,17-19,21-24H2,1-3H3,(H,39,42)(H,43,44)/t31-,32+,33+,37+/m1/s1. The van der Waals surface area contributed by atoms with Gasteiger partial charge in [-0.25, -0.2) is 0 Å². The Hall–Kier alpha value is -4.09. The van der Waals surface area contributed by atoms with Crippen molar-refractivity contribution in [1.29, 1.82) is 0 Å². The van der Waals surface area contributed by atoms with Gasteiger partial charge in [0.2, 0.25) is 5.91 Å². The minimum absolute atomic E-state index is 0.0299. The van der Waals surface area contributed by atoms with E-state index < -0.39 is 17.9 Å². The molecule has 4 atom stereocenters. The Morgan fingerprint density at radius 3 is 2.33 bits per heavy atom. The summed E-state index contributed by atoms with van der Waals surface area (Å²) in [7, 11) is 0. The third-order valence-electron chi connectivity index (χ3n) is 8.59. The van der Waals surface area contributed by atoms with Crippen molar-refractivity contribution in [1.82, 2.24) is 10.2 Å². The molecule has 256 valence electrons. The summed E-state index contributed by atoms with van der Waals surface area (Å²) >= 11 is 0. The van der Waals surface area contributed by atoms with E-state index in [4.69, 9.17) is 19.3 Å². The van der Waals surface area contributed by atoms with Gasteiger partial charge in [-0.15, -0.1) is 0 Å². The molecule has 2 aliphatic heterocycles. The topological polar surface area (TPSA) is 135 Å². The molecular weight excluding hydrogens is 612 g/mol. The van der Waals surface area contributed by atoms with Gasteiger partial charge in [0.15, 0.2) is 6.29 Å². The van der Waals surface area contributed by atoms with Crippen LogP contribution in [-0.2, 0) is 41.7 Å². The molecule has 2 saturated heterocycles. The summed E-state index contributed by atoms with van der Waals surface area (Å²) in [6.45, 7) is 7.31. The van der Waals surface area contributed by atoms with Gasteiger partial charge in [0.05, 0.1) is 25.2 Å². The van der Waals surface area contributed by atoms with Gasteiger partial charge in [0.1, 0.15) is 11.6 Å². The molecule has 3 aromatic rings. The maximum absolute atomic E-state index is 13.0. The largest absolute Gasteiger partial charge is 0.481 e. The minimum Gasteiger partial charge on any atom is -0.481 e. The number of aliphatic hydroxyl groups excluding tert-OH is 1. The first kappa shape index (κ1) is 35.2. The molecule has 1 amide bonds. The van der Waals surface area contributed by atoms with Crippen LogP contribution in [0.25, 0.3) is 11.1 Å². The van der Waals surface area contributed by atoms with Crippen LogP contribution in [0.4, 0.5) is 0 Å². The number of amides is 1. The summed E-state index contributed by atoms with van der Waals surface area (Å²) in [5, 5.41) is 21.1. The molecule has 10 heteroatoms. The Morgan fingerprint density at radius 2 is 1.65 bits per heavy atom. The van der Waals surface area contributed by atoms with Gasteiger partial charge in [-0.05, 0) is 74.0 Å². The smallest absolute Gasteiger partial charge is 0.323 e. The van der Waals surface area contributed by atoms with Gasteiger partial charge in [-0.3, -0.25) is 19.3 Å². The van der Waals surface area contributed by atoms with Crippen molar-refractivity contribution in [2.24, 2.45) is 0 Å².